The van der Waals surface area contributed by atoms with Crippen molar-refractivity contribution in [1.29, 1.82) is 0 Å². The highest BCUT2D eigenvalue weighted by molar-refractivity contribution is 7.99. The Morgan fingerprint density at radius 2 is 2.13 bits per heavy atom. The van der Waals surface area contributed by atoms with Crippen molar-refractivity contribution < 1.29 is 4.42 Å². The lowest BCUT2D eigenvalue weighted by Crippen LogP contribution is -2.34. The summed E-state index contributed by atoms with van der Waals surface area (Å²) >= 11 is 2.06. The lowest BCUT2D eigenvalue weighted by atomic mass is 10.1. The SMILES string of the molecule is Cc1ccc(C(C)NC2CCSCC2)o1. The van der Waals surface area contributed by atoms with Crippen LogP contribution in [0.5, 0.6) is 0 Å². The molecule has 1 saturated heterocycles. The average molecular weight is 225 g/mol. The van der Waals surface area contributed by atoms with Gasteiger partial charge in [-0.05, 0) is 50.3 Å². The van der Waals surface area contributed by atoms with E-state index in [2.05, 4.69) is 30.1 Å². The van der Waals surface area contributed by atoms with Crippen molar-refractivity contribution in [2.24, 2.45) is 0 Å². The number of furan rings is 1. The summed E-state index contributed by atoms with van der Waals surface area (Å²) in [5.74, 6) is 4.65. The predicted molar refractivity (Wildman–Crippen MR) is 65.3 cm³/mol. The maximum Gasteiger partial charge on any atom is 0.120 e. The van der Waals surface area contributed by atoms with Gasteiger partial charge in [0.15, 0.2) is 0 Å². The van der Waals surface area contributed by atoms with E-state index in [0.29, 0.717) is 12.1 Å². The van der Waals surface area contributed by atoms with E-state index in [1.54, 1.807) is 0 Å². The van der Waals surface area contributed by atoms with Crippen LogP contribution >= 0.6 is 11.8 Å². The second-order valence-electron chi connectivity index (χ2n) is 4.22. The number of thioether (sulfide) groups is 1. The molecule has 0 amide bonds. The van der Waals surface area contributed by atoms with Crippen LogP contribution in [0.1, 0.15) is 37.3 Å². The summed E-state index contributed by atoms with van der Waals surface area (Å²) in [5, 5.41) is 3.64. The van der Waals surface area contributed by atoms with Gasteiger partial charge in [0.25, 0.3) is 0 Å². The molecule has 1 aliphatic heterocycles. The minimum absolute atomic E-state index is 0.340. The number of hydrogen-bond acceptors (Lipinski definition) is 3. The van der Waals surface area contributed by atoms with Gasteiger partial charge in [0, 0.05) is 6.04 Å². The summed E-state index contributed by atoms with van der Waals surface area (Å²) in [4.78, 5) is 0. The molecule has 2 rings (SSSR count). The molecule has 2 heterocycles. The van der Waals surface area contributed by atoms with Crippen LogP contribution in [0.25, 0.3) is 0 Å². The van der Waals surface area contributed by atoms with Crippen LogP contribution < -0.4 is 5.32 Å². The molecule has 0 spiro atoms. The molecular weight excluding hydrogens is 206 g/mol. The highest BCUT2D eigenvalue weighted by atomic mass is 32.2. The fraction of sp³-hybridized carbons (Fsp3) is 0.667. The van der Waals surface area contributed by atoms with Crippen LogP contribution in [0.4, 0.5) is 0 Å². The molecular formula is C12H19NOS. The van der Waals surface area contributed by atoms with Crippen LogP contribution in [0, 0.1) is 6.92 Å². The first-order chi connectivity index (χ1) is 7.25. The summed E-state index contributed by atoms with van der Waals surface area (Å²) in [7, 11) is 0. The smallest absolute Gasteiger partial charge is 0.120 e. The van der Waals surface area contributed by atoms with E-state index in [9.17, 15) is 0 Å². The second kappa shape index (κ2) is 5.08. The number of rotatable bonds is 3. The zero-order valence-corrected chi connectivity index (χ0v) is 10.3. The lowest BCUT2D eigenvalue weighted by Gasteiger charge is -2.25. The van der Waals surface area contributed by atoms with Crippen LogP contribution in [0.3, 0.4) is 0 Å². The predicted octanol–water partition coefficient (Wildman–Crippen LogP) is 3.13. The van der Waals surface area contributed by atoms with Gasteiger partial charge in [-0.3, -0.25) is 0 Å². The minimum atomic E-state index is 0.340. The van der Waals surface area contributed by atoms with Crippen molar-refractivity contribution in [3.05, 3.63) is 23.7 Å². The van der Waals surface area contributed by atoms with Gasteiger partial charge >= 0.3 is 0 Å². The molecule has 1 aromatic rings. The largest absolute Gasteiger partial charge is 0.465 e. The van der Waals surface area contributed by atoms with E-state index in [4.69, 9.17) is 4.42 Å². The Hall–Kier alpha value is -0.410. The third-order valence-electron chi connectivity index (χ3n) is 2.89. The van der Waals surface area contributed by atoms with Crippen LogP contribution in [0.15, 0.2) is 16.5 Å². The highest BCUT2D eigenvalue weighted by Gasteiger charge is 2.17. The van der Waals surface area contributed by atoms with Crippen molar-refractivity contribution >= 4 is 11.8 Å². The Bertz CT molecular complexity index is 304. The van der Waals surface area contributed by atoms with Gasteiger partial charge in [-0.1, -0.05) is 0 Å². The van der Waals surface area contributed by atoms with Gasteiger partial charge in [-0.25, -0.2) is 0 Å². The highest BCUT2D eigenvalue weighted by Crippen LogP contribution is 2.21. The standard InChI is InChI=1S/C12H19NOS/c1-9-3-4-12(14-9)10(2)13-11-5-7-15-8-6-11/h3-4,10-11,13H,5-8H2,1-2H3. The maximum absolute atomic E-state index is 5.62. The summed E-state index contributed by atoms with van der Waals surface area (Å²) in [6.07, 6.45) is 2.57. The Balaban J connectivity index is 1.88. The van der Waals surface area contributed by atoms with Gasteiger partial charge < -0.3 is 9.73 Å². The zero-order valence-electron chi connectivity index (χ0n) is 9.45. The molecule has 1 N–H and O–H groups in total. The molecule has 0 aromatic carbocycles. The van der Waals surface area contributed by atoms with E-state index in [-0.39, 0.29) is 0 Å². The topological polar surface area (TPSA) is 25.2 Å². The number of hydrogen-bond donors (Lipinski definition) is 1. The van der Waals surface area contributed by atoms with E-state index in [1.807, 2.05) is 13.0 Å². The average Bonchev–Trinajstić information content (AvgIpc) is 2.66. The summed E-state index contributed by atoms with van der Waals surface area (Å²) in [5.41, 5.74) is 0. The number of aryl methyl sites for hydroxylation is 1. The van der Waals surface area contributed by atoms with Gasteiger partial charge in [-0.2, -0.15) is 11.8 Å². The van der Waals surface area contributed by atoms with Gasteiger partial charge in [0.1, 0.15) is 11.5 Å². The Morgan fingerprint density at radius 3 is 2.73 bits per heavy atom. The van der Waals surface area contributed by atoms with E-state index < -0.39 is 0 Å². The fourth-order valence-electron chi connectivity index (χ4n) is 1.99. The number of nitrogens with one attached hydrogen (secondary N) is 1. The monoisotopic (exact) mass is 225 g/mol. The molecule has 1 atom stereocenters. The Morgan fingerprint density at radius 1 is 1.40 bits per heavy atom. The summed E-state index contributed by atoms with van der Waals surface area (Å²) in [6.45, 7) is 4.17. The molecule has 1 aliphatic rings. The van der Waals surface area contributed by atoms with Gasteiger partial charge in [0.2, 0.25) is 0 Å². The molecule has 1 fully saturated rings. The quantitative estimate of drug-likeness (QED) is 0.855. The molecule has 84 valence electrons. The molecule has 0 aliphatic carbocycles. The Kier molecular flexibility index (Phi) is 3.76. The van der Waals surface area contributed by atoms with Crippen LogP contribution in [0.2, 0.25) is 0 Å². The van der Waals surface area contributed by atoms with Crippen LogP contribution in [-0.4, -0.2) is 17.5 Å². The summed E-state index contributed by atoms with van der Waals surface area (Å²) in [6, 6.07) is 5.12. The third kappa shape index (κ3) is 3.02. The molecule has 0 bridgehead atoms. The first-order valence-electron chi connectivity index (χ1n) is 5.66. The second-order valence-corrected chi connectivity index (χ2v) is 5.45. The third-order valence-corrected chi connectivity index (χ3v) is 3.94. The van der Waals surface area contributed by atoms with Crippen molar-refractivity contribution in [2.75, 3.05) is 11.5 Å². The molecule has 15 heavy (non-hydrogen) atoms. The normalized spacial score (nSPS) is 20.4. The Labute approximate surface area is 95.8 Å². The molecule has 3 heteroatoms. The lowest BCUT2D eigenvalue weighted by molar-refractivity contribution is 0.368. The first kappa shape index (κ1) is 11.1. The van der Waals surface area contributed by atoms with E-state index in [0.717, 1.165) is 11.5 Å². The van der Waals surface area contributed by atoms with E-state index >= 15 is 0 Å². The van der Waals surface area contributed by atoms with Crippen molar-refractivity contribution in [2.45, 2.75) is 38.8 Å². The fourth-order valence-corrected chi connectivity index (χ4v) is 3.09. The summed E-state index contributed by atoms with van der Waals surface area (Å²) < 4.78 is 5.62. The first-order valence-corrected chi connectivity index (χ1v) is 6.81. The maximum atomic E-state index is 5.62. The minimum Gasteiger partial charge on any atom is -0.465 e. The van der Waals surface area contributed by atoms with E-state index in [1.165, 1.54) is 24.3 Å². The molecule has 0 saturated carbocycles. The van der Waals surface area contributed by atoms with Crippen LogP contribution in [-0.2, 0) is 0 Å². The molecule has 1 unspecified atom stereocenters. The van der Waals surface area contributed by atoms with Crippen molar-refractivity contribution in [1.82, 2.24) is 5.32 Å². The van der Waals surface area contributed by atoms with Gasteiger partial charge in [-0.15, -0.1) is 0 Å². The molecule has 1 aromatic heterocycles. The van der Waals surface area contributed by atoms with Gasteiger partial charge in [0.05, 0.1) is 6.04 Å². The van der Waals surface area contributed by atoms with Crippen molar-refractivity contribution in [3.8, 4) is 0 Å². The molecule has 0 radical (unpaired) electrons. The molecule has 2 nitrogen and oxygen atoms in total. The zero-order chi connectivity index (χ0) is 10.7. The van der Waals surface area contributed by atoms with Crippen molar-refractivity contribution in [3.63, 3.8) is 0 Å².